The summed E-state index contributed by atoms with van der Waals surface area (Å²) in [5.74, 6) is 0. The standard InChI is InChI=1S/C42H30S/c1-2-12-31-27(10-1)11-9-18-32(31)28-20-22-29(23-21-28)41-34-14-3-5-16-36(34)42(37-17-6-4-15-35(37)41)30-24-25-40-38(26-30)33-13-7-8-19-39(33)43-40/h1-8,10-17,19-20,22,24-26H,9,18,21,23H2. The van der Waals surface area contributed by atoms with E-state index in [4.69, 9.17) is 0 Å². The molecule has 43 heavy (non-hydrogen) atoms. The Balaban J connectivity index is 1.26. The fraction of sp³-hybridized carbons (Fsp3) is 0.0952. The van der Waals surface area contributed by atoms with Crippen LogP contribution in [0.15, 0.2) is 133 Å². The van der Waals surface area contributed by atoms with Gasteiger partial charge < -0.3 is 0 Å². The molecule has 9 rings (SSSR count). The van der Waals surface area contributed by atoms with Gasteiger partial charge >= 0.3 is 0 Å². The number of rotatable bonds is 3. The van der Waals surface area contributed by atoms with Crippen LogP contribution < -0.4 is 10.4 Å². The van der Waals surface area contributed by atoms with Crippen LogP contribution in [-0.2, 0) is 0 Å². The van der Waals surface area contributed by atoms with E-state index >= 15 is 0 Å². The summed E-state index contributed by atoms with van der Waals surface area (Å²) in [4.78, 5) is 0. The zero-order valence-electron chi connectivity index (χ0n) is 23.9. The molecule has 0 amide bonds. The van der Waals surface area contributed by atoms with Crippen LogP contribution in [0.5, 0.6) is 0 Å². The van der Waals surface area contributed by atoms with Crippen molar-refractivity contribution in [2.75, 3.05) is 0 Å². The predicted molar refractivity (Wildman–Crippen MR) is 188 cm³/mol. The Hall–Kier alpha value is -4.72. The van der Waals surface area contributed by atoms with Crippen molar-refractivity contribution in [2.45, 2.75) is 25.7 Å². The van der Waals surface area contributed by atoms with Crippen molar-refractivity contribution in [2.24, 2.45) is 0 Å². The van der Waals surface area contributed by atoms with Crippen molar-refractivity contribution < 1.29 is 0 Å². The number of fused-ring (bicyclic) bond motifs is 6. The van der Waals surface area contributed by atoms with Crippen molar-refractivity contribution in [3.8, 4) is 11.1 Å². The third-order valence-corrected chi connectivity index (χ3v) is 10.7. The third-order valence-electron chi connectivity index (χ3n) is 9.50. The van der Waals surface area contributed by atoms with Crippen LogP contribution >= 0.6 is 11.3 Å². The van der Waals surface area contributed by atoms with Gasteiger partial charge in [0.15, 0.2) is 0 Å². The minimum Gasteiger partial charge on any atom is -0.135 e. The second-order valence-corrected chi connectivity index (χ2v) is 12.9. The number of hydrogen-bond acceptors (Lipinski definition) is 1. The number of allylic oxidation sites excluding steroid dienone is 4. The number of benzene rings is 6. The lowest BCUT2D eigenvalue weighted by Gasteiger charge is -2.23. The molecule has 2 aliphatic carbocycles. The lowest BCUT2D eigenvalue weighted by Crippen LogP contribution is -2.29. The summed E-state index contributed by atoms with van der Waals surface area (Å²) >= 11 is 1.88. The summed E-state index contributed by atoms with van der Waals surface area (Å²) in [6, 6.07) is 42.9. The van der Waals surface area contributed by atoms with E-state index < -0.39 is 0 Å². The van der Waals surface area contributed by atoms with Crippen LogP contribution in [0.4, 0.5) is 0 Å². The van der Waals surface area contributed by atoms with E-state index in [-0.39, 0.29) is 0 Å². The average Bonchev–Trinajstić information content (AvgIpc) is 3.45. The third kappa shape index (κ3) is 3.96. The molecule has 0 unspecified atom stereocenters. The van der Waals surface area contributed by atoms with Crippen LogP contribution in [0.2, 0.25) is 0 Å². The first-order chi connectivity index (χ1) is 21.3. The molecule has 1 heterocycles. The number of hydrogen-bond donors (Lipinski definition) is 0. The lowest BCUT2D eigenvalue weighted by atomic mass is 9.81. The van der Waals surface area contributed by atoms with E-state index in [1.54, 1.807) is 0 Å². The molecule has 0 aliphatic heterocycles. The van der Waals surface area contributed by atoms with Gasteiger partial charge in [-0.15, -0.1) is 11.3 Å². The molecule has 0 bridgehead atoms. The highest BCUT2D eigenvalue weighted by Crippen LogP contribution is 2.45. The van der Waals surface area contributed by atoms with E-state index in [0.717, 1.165) is 25.7 Å². The first kappa shape index (κ1) is 24.8. The van der Waals surface area contributed by atoms with Gasteiger partial charge in [-0.25, -0.2) is 0 Å². The quantitative estimate of drug-likeness (QED) is 0.187. The van der Waals surface area contributed by atoms with Gasteiger partial charge in [-0.3, -0.25) is 0 Å². The smallest absolute Gasteiger partial charge is 0.0355 e. The summed E-state index contributed by atoms with van der Waals surface area (Å²) in [7, 11) is 0. The topological polar surface area (TPSA) is 0 Å². The van der Waals surface area contributed by atoms with Crippen LogP contribution in [0.25, 0.3) is 70.1 Å². The molecule has 0 saturated heterocycles. The van der Waals surface area contributed by atoms with Gasteiger partial charge in [0, 0.05) is 20.2 Å². The highest BCUT2D eigenvalue weighted by molar-refractivity contribution is 7.25. The Bertz CT molecular complexity index is 2390. The Morgan fingerprint density at radius 2 is 1.07 bits per heavy atom. The van der Waals surface area contributed by atoms with Crippen LogP contribution in [0.1, 0.15) is 31.2 Å². The molecule has 0 fully saturated rings. The summed E-state index contributed by atoms with van der Waals surface area (Å²) in [6.07, 6.45) is 11.6. The van der Waals surface area contributed by atoms with Crippen LogP contribution in [-0.4, -0.2) is 0 Å². The van der Waals surface area contributed by atoms with E-state index in [1.807, 2.05) is 11.3 Å². The lowest BCUT2D eigenvalue weighted by molar-refractivity contribution is 0.972. The zero-order valence-corrected chi connectivity index (χ0v) is 24.8. The van der Waals surface area contributed by atoms with Crippen molar-refractivity contribution >= 4 is 70.3 Å². The van der Waals surface area contributed by atoms with Crippen molar-refractivity contribution in [3.63, 3.8) is 0 Å². The minimum atomic E-state index is 1.06. The van der Waals surface area contributed by atoms with Gasteiger partial charge in [-0.05, 0) is 109 Å². The van der Waals surface area contributed by atoms with Gasteiger partial charge in [-0.1, -0.05) is 115 Å². The first-order valence-electron chi connectivity index (χ1n) is 15.4. The Morgan fingerprint density at radius 3 is 1.81 bits per heavy atom. The van der Waals surface area contributed by atoms with Gasteiger partial charge in [0.2, 0.25) is 0 Å². The van der Waals surface area contributed by atoms with Crippen LogP contribution in [0.3, 0.4) is 0 Å². The molecule has 0 saturated carbocycles. The fourth-order valence-corrected chi connectivity index (χ4v) is 8.64. The van der Waals surface area contributed by atoms with Crippen molar-refractivity contribution in [3.05, 3.63) is 149 Å². The summed E-state index contributed by atoms with van der Waals surface area (Å²) in [6.45, 7) is 0. The molecule has 204 valence electrons. The average molecular weight is 567 g/mol. The summed E-state index contributed by atoms with van der Waals surface area (Å²) in [5.41, 5.74) is 8.51. The highest BCUT2D eigenvalue weighted by atomic mass is 32.1. The normalized spacial score (nSPS) is 15.0. The zero-order chi connectivity index (χ0) is 28.3. The molecular formula is C42H30S. The molecular weight excluding hydrogens is 537 g/mol. The number of thiophene rings is 1. The maximum atomic E-state index is 2.42. The molecule has 1 aromatic heterocycles. The minimum absolute atomic E-state index is 1.06. The second-order valence-electron chi connectivity index (χ2n) is 11.8. The van der Waals surface area contributed by atoms with Crippen molar-refractivity contribution in [1.82, 2.24) is 0 Å². The van der Waals surface area contributed by atoms with Gasteiger partial charge in [0.05, 0.1) is 0 Å². The van der Waals surface area contributed by atoms with Gasteiger partial charge in [-0.2, -0.15) is 0 Å². The Labute approximate surface area is 255 Å². The van der Waals surface area contributed by atoms with Crippen molar-refractivity contribution in [1.29, 1.82) is 0 Å². The maximum Gasteiger partial charge on any atom is 0.0355 e. The largest absolute Gasteiger partial charge is 0.135 e. The SMILES string of the molecule is C1=C(C2=c3ccccc3=CCC2)CCC(c2c3ccccc3c(-c3ccc4sc5ccccc5c4c3)c3ccccc23)=C1. The highest BCUT2D eigenvalue weighted by Gasteiger charge is 2.20. The Kier molecular flexibility index (Phi) is 5.74. The second kappa shape index (κ2) is 9.93. The molecule has 1 heteroatoms. The summed E-state index contributed by atoms with van der Waals surface area (Å²) in [5, 5.41) is 10.9. The van der Waals surface area contributed by atoms with Gasteiger partial charge in [0.1, 0.15) is 0 Å². The van der Waals surface area contributed by atoms with E-state index in [1.165, 1.54) is 85.6 Å². The van der Waals surface area contributed by atoms with E-state index in [2.05, 4.69) is 133 Å². The maximum absolute atomic E-state index is 2.42. The molecule has 0 N–H and O–H groups in total. The Morgan fingerprint density at radius 1 is 0.465 bits per heavy atom. The molecule has 0 atom stereocenters. The first-order valence-corrected chi connectivity index (χ1v) is 16.2. The molecule has 6 aromatic carbocycles. The molecule has 0 radical (unpaired) electrons. The summed E-state index contributed by atoms with van der Waals surface area (Å²) < 4.78 is 2.70. The van der Waals surface area contributed by atoms with Crippen LogP contribution in [0, 0.1) is 0 Å². The molecule has 2 aliphatic rings. The van der Waals surface area contributed by atoms with Gasteiger partial charge in [0.25, 0.3) is 0 Å². The monoisotopic (exact) mass is 566 g/mol. The fourth-order valence-electron chi connectivity index (χ4n) is 7.55. The van der Waals surface area contributed by atoms with E-state index in [0.29, 0.717) is 0 Å². The molecule has 0 spiro atoms. The molecule has 0 nitrogen and oxygen atoms in total. The van der Waals surface area contributed by atoms with E-state index in [9.17, 15) is 0 Å². The predicted octanol–water partition coefficient (Wildman–Crippen LogP) is 10.6. The molecule has 7 aromatic rings.